The molecule has 0 saturated carbocycles. The predicted octanol–water partition coefficient (Wildman–Crippen LogP) is 6.59. The Morgan fingerprint density at radius 2 is 1.81 bits per heavy atom. The third-order valence-electron chi connectivity index (χ3n) is 6.83. The van der Waals surface area contributed by atoms with Gasteiger partial charge < -0.3 is 20.1 Å². The maximum absolute atomic E-state index is 11.5. The second-order valence-corrected chi connectivity index (χ2v) is 10.1. The molecule has 4 aromatic rings. The van der Waals surface area contributed by atoms with Gasteiger partial charge in [-0.1, -0.05) is 23.7 Å². The van der Waals surface area contributed by atoms with Gasteiger partial charge in [-0.2, -0.15) is 0 Å². The molecule has 5 rings (SSSR count). The highest BCUT2D eigenvalue weighted by molar-refractivity contribution is 7.80. The van der Waals surface area contributed by atoms with E-state index in [1.807, 2.05) is 61.5 Å². The number of aryl methyl sites for hydroxylation is 1. The molecule has 0 aliphatic carbocycles. The van der Waals surface area contributed by atoms with Crippen LogP contribution in [0.25, 0.3) is 5.69 Å². The minimum atomic E-state index is -0.155. The molecule has 0 bridgehead atoms. The van der Waals surface area contributed by atoms with E-state index in [0.29, 0.717) is 5.11 Å². The van der Waals surface area contributed by atoms with Crippen LogP contribution in [-0.4, -0.2) is 20.6 Å². The number of pyridine rings is 1. The van der Waals surface area contributed by atoms with Crippen molar-refractivity contribution >= 4 is 46.2 Å². The molecule has 3 heterocycles. The number of aromatic nitrogens is 2. The van der Waals surface area contributed by atoms with Gasteiger partial charge in [-0.25, -0.2) is 0 Å². The third-order valence-corrected chi connectivity index (χ3v) is 7.56. The van der Waals surface area contributed by atoms with Gasteiger partial charge in [0.25, 0.3) is 0 Å². The van der Waals surface area contributed by atoms with Gasteiger partial charge in [0.2, 0.25) is 5.91 Å². The van der Waals surface area contributed by atoms with Crippen molar-refractivity contribution in [2.24, 2.45) is 0 Å². The standard InChI is InChI=1S/C29H28ClN5OS/c1-17-16-23(19(3)34(17)26-10-7-8-24(30)18(26)2)28-27(25-9-5-6-15-31-25)33-29(37)35(28)22-13-11-21(12-14-22)32-20(4)36/h5-16,27-28H,1-4H3,(H,32,36)(H,33,37)/t27-,28-/m0/s1. The van der Waals surface area contributed by atoms with E-state index in [4.69, 9.17) is 23.8 Å². The molecule has 1 saturated heterocycles. The van der Waals surface area contributed by atoms with E-state index in [0.717, 1.165) is 50.3 Å². The molecule has 1 aliphatic heterocycles. The fourth-order valence-corrected chi connectivity index (χ4v) is 5.67. The van der Waals surface area contributed by atoms with E-state index in [-0.39, 0.29) is 18.0 Å². The Morgan fingerprint density at radius 3 is 2.49 bits per heavy atom. The Bertz CT molecular complexity index is 1480. The zero-order valence-corrected chi connectivity index (χ0v) is 22.7. The lowest BCUT2D eigenvalue weighted by atomic mass is 9.96. The molecule has 188 valence electrons. The zero-order chi connectivity index (χ0) is 26.3. The monoisotopic (exact) mass is 529 g/mol. The number of benzene rings is 2. The molecule has 0 radical (unpaired) electrons. The number of carbonyl (C=O) groups excluding carboxylic acids is 1. The van der Waals surface area contributed by atoms with Gasteiger partial charge in [-0.05, 0) is 98.7 Å². The largest absolute Gasteiger partial charge is 0.351 e. The van der Waals surface area contributed by atoms with Gasteiger partial charge in [-0.3, -0.25) is 9.78 Å². The smallest absolute Gasteiger partial charge is 0.221 e. The molecule has 1 fully saturated rings. The summed E-state index contributed by atoms with van der Waals surface area (Å²) in [5, 5.41) is 7.71. The van der Waals surface area contributed by atoms with Crippen molar-refractivity contribution in [3.05, 3.63) is 106 Å². The number of carbonyl (C=O) groups is 1. The molecule has 2 N–H and O–H groups in total. The van der Waals surface area contributed by atoms with E-state index in [9.17, 15) is 4.79 Å². The molecule has 2 atom stereocenters. The van der Waals surface area contributed by atoms with Gasteiger partial charge in [0.1, 0.15) is 0 Å². The van der Waals surface area contributed by atoms with Crippen molar-refractivity contribution in [1.82, 2.24) is 14.9 Å². The summed E-state index contributed by atoms with van der Waals surface area (Å²) in [4.78, 5) is 18.3. The fraction of sp³-hybridized carbons (Fsp3) is 0.207. The van der Waals surface area contributed by atoms with Crippen LogP contribution >= 0.6 is 23.8 Å². The maximum atomic E-state index is 11.5. The number of amides is 1. The van der Waals surface area contributed by atoms with Crippen LogP contribution in [0, 0.1) is 20.8 Å². The van der Waals surface area contributed by atoms with Gasteiger partial charge in [0.05, 0.1) is 17.8 Å². The minimum absolute atomic E-state index is 0.108. The van der Waals surface area contributed by atoms with Crippen molar-refractivity contribution in [2.45, 2.75) is 39.8 Å². The second-order valence-electron chi connectivity index (χ2n) is 9.27. The number of hydrogen-bond donors (Lipinski definition) is 2. The summed E-state index contributed by atoms with van der Waals surface area (Å²) in [5.74, 6) is -0.108. The third kappa shape index (κ3) is 4.61. The van der Waals surface area contributed by atoms with Gasteiger partial charge in [0.15, 0.2) is 5.11 Å². The number of nitrogens with one attached hydrogen (secondary N) is 2. The normalized spacial score (nSPS) is 17.1. The minimum Gasteiger partial charge on any atom is -0.351 e. The lowest BCUT2D eigenvalue weighted by Crippen LogP contribution is -2.29. The highest BCUT2D eigenvalue weighted by Crippen LogP contribution is 2.44. The molecule has 37 heavy (non-hydrogen) atoms. The zero-order valence-electron chi connectivity index (χ0n) is 21.1. The average Bonchev–Trinajstić information content (AvgIpc) is 3.37. The molecule has 2 aromatic heterocycles. The van der Waals surface area contributed by atoms with Crippen LogP contribution in [0.4, 0.5) is 11.4 Å². The van der Waals surface area contributed by atoms with E-state index < -0.39 is 0 Å². The lowest BCUT2D eigenvalue weighted by Gasteiger charge is -2.28. The molecular formula is C29H28ClN5OS. The summed E-state index contributed by atoms with van der Waals surface area (Å²) in [7, 11) is 0. The number of anilines is 2. The molecular weight excluding hydrogens is 502 g/mol. The molecule has 0 spiro atoms. The van der Waals surface area contributed by atoms with E-state index in [1.54, 1.807) is 6.20 Å². The summed E-state index contributed by atoms with van der Waals surface area (Å²) in [6.45, 7) is 7.79. The van der Waals surface area contributed by atoms with E-state index >= 15 is 0 Å². The summed E-state index contributed by atoms with van der Waals surface area (Å²) in [5.41, 5.74) is 8.03. The van der Waals surface area contributed by atoms with Crippen molar-refractivity contribution in [1.29, 1.82) is 0 Å². The number of thiocarbonyl (C=S) groups is 1. The van der Waals surface area contributed by atoms with Crippen molar-refractivity contribution < 1.29 is 4.79 Å². The molecule has 8 heteroatoms. The number of halogens is 1. The lowest BCUT2D eigenvalue weighted by molar-refractivity contribution is -0.114. The van der Waals surface area contributed by atoms with Crippen LogP contribution in [0.2, 0.25) is 5.02 Å². The van der Waals surface area contributed by atoms with Crippen molar-refractivity contribution in [3.63, 3.8) is 0 Å². The predicted molar refractivity (Wildman–Crippen MR) is 154 cm³/mol. The summed E-state index contributed by atoms with van der Waals surface area (Å²) >= 11 is 12.4. The van der Waals surface area contributed by atoms with Crippen LogP contribution in [0.3, 0.4) is 0 Å². The van der Waals surface area contributed by atoms with Crippen LogP contribution in [0.15, 0.2) is 72.9 Å². The Balaban J connectivity index is 1.65. The SMILES string of the molecule is CC(=O)Nc1ccc(N2C(=S)N[C@@H](c3ccccn3)[C@@H]2c2cc(C)n(-c3cccc(Cl)c3C)c2C)cc1. The second kappa shape index (κ2) is 10.00. The maximum Gasteiger partial charge on any atom is 0.221 e. The highest BCUT2D eigenvalue weighted by Gasteiger charge is 2.42. The van der Waals surface area contributed by atoms with Crippen LogP contribution < -0.4 is 15.5 Å². The first-order valence-electron chi connectivity index (χ1n) is 12.1. The average molecular weight is 530 g/mol. The molecule has 6 nitrogen and oxygen atoms in total. The van der Waals surface area contributed by atoms with E-state index in [1.165, 1.54) is 6.92 Å². The molecule has 1 aliphatic rings. The summed E-state index contributed by atoms with van der Waals surface area (Å²) in [6.07, 6.45) is 1.81. The first-order valence-corrected chi connectivity index (χ1v) is 12.9. The van der Waals surface area contributed by atoms with Gasteiger partial charge in [-0.15, -0.1) is 0 Å². The van der Waals surface area contributed by atoms with Crippen LogP contribution in [0.1, 0.15) is 47.2 Å². The van der Waals surface area contributed by atoms with Crippen molar-refractivity contribution in [3.8, 4) is 5.69 Å². The fourth-order valence-electron chi connectivity index (χ4n) is 5.15. The quantitative estimate of drug-likeness (QED) is 0.286. The first-order chi connectivity index (χ1) is 17.8. The first kappa shape index (κ1) is 25.0. The highest BCUT2D eigenvalue weighted by atomic mass is 35.5. The van der Waals surface area contributed by atoms with E-state index in [2.05, 4.69) is 51.1 Å². The van der Waals surface area contributed by atoms with Crippen molar-refractivity contribution in [2.75, 3.05) is 10.2 Å². The molecule has 0 unspecified atom stereocenters. The van der Waals surface area contributed by atoms with Crippen LogP contribution in [0.5, 0.6) is 0 Å². The Hall–Kier alpha value is -3.68. The van der Waals surface area contributed by atoms with Gasteiger partial charge in [0, 0.05) is 46.6 Å². The molecule has 2 aromatic carbocycles. The summed E-state index contributed by atoms with van der Waals surface area (Å²) < 4.78 is 2.26. The Labute approximate surface area is 227 Å². The molecule has 1 amide bonds. The Kier molecular flexibility index (Phi) is 6.75. The van der Waals surface area contributed by atoms with Crippen LogP contribution in [-0.2, 0) is 4.79 Å². The number of nitrogens with zero attached hydrogens (tertiary/aromatic N) is 3. The number of rotatable bonds is 5. The Morgan fingerprint density at radius 1 is 1.05 bits per heavy atom. The van der Waals surface area contributed by atoms with Gasteiger partial charge >= 0.3 is 0 Å². The summed E-state index contributed by atoms with van der Waals surface area (Å²) in [6, 6.07) is 21.6. The topological polar surface area (TPSA) is 62.2 Å². The number of hydrogen-bond acceptors (Lipinski definition) is 3.